The lowest BCUT2D eigenvalue weighted by Gasteiger charge is -2.44. The van der Waals surface area contributed by atoms with Crippen LogP contribution in [0.5, 0.6) is 0 Å². The van der Waals surface area contributed by atoms with E-state index < -0.39 is 17.7 Å². The van der Waals surface area contributed by atoms with Crippen LogP contribution >= 0.6 is 11.6 Å². The highest BCUT2D eigenvalue weighted by Gasteiger charge is 2.46. The van der Waals surface area contributed by atoms with Gasteiger partial charge in [0.15, 0.2) is 5.78 Å². The Hall–Kier alpha value is -3.12. The molecule has 1 aliphatic carbocycles. The minimum absolute atomic E-state index is 0.0659. The number of ether oxygens (including phenoxy) is 1. The van der Waals surface area contributed by atoms with Crippen molar-refractivity contribution in [1.29, 1.82) is 0 Å². The Bertz CT molecular complexity index is 1170. The first-order valence-corrected chi connectivity index (χ1v) is 11.2. The highest BCUT2D eigenvalue weighted by Crippen LogP contribution is 2.50. The van der Waals surface area contributed by atoms with Crippen LogP contribution < -0.4 is 10.6 Å². The molecule has 0 saturated heterocycles. The molecule has 7 heteroatoms. The zero-order chi connectivity index (χ0) is 23.9. The van der Waals surface area contributed by atoms with Crippen LogP contribution in [0.25, 0.3) is 0 Å². The number of hydrogen-bond donors (Lipinski definition) is 1. The Morgan fingerprint density at radius 3 is 2.39 bits per heavy atom. The number of nitrogens with two attached hydrogens (primary N) is 1. The van der Waals surface area contributed by atoms with Crippen molar-refractivity contribution in [2.45, 2.75) is 39.5 Å². The van der Waals surface area contributed by atoms with Crippen molar-refractivity contribution in [3.8, 4) is 0 Å². The van der Waals surface area contributed by atoms with Crippen molar-refractivity contribution >= 4 is 29.0 Å². The molecule has 0 amide bonds. The van der Waals surface area contributed by atoms with E-state index in [0.29, 0.717) is 34.7 Å². The minimum atomic E-state index is -0.744. The van der Waals surface area contributed by atoms with E-state index in [9.17, 15) is 14.0 Å². The second-order valence-corrected chi connectivity index (χ2v) is 9.55. The summed E-state index contributed by atoms with van der Waals surface area (Å²) >= 11 is 6.10. The monoisotopic (exact) mass is 468 g/mol. The molecule has 33 heavy (non-hydrogen) atoms. The van der Waals surface area contributed by atoms with Gasteiger partial charge in [-0.2, -0.15) is 0 Å². The number of Topliss-reactive ketones (excluding diaryl/α,β-unsaturated/α-hetero) is 1. The Morgan fingerprint density at radius 1 is 1.15 bits per heavy atom. The van der Waals surface area contributed by atoms with Gasteiger partial charge in [0, 0.05) is 28.4 Å². The van der Waals surface area contributed by atoms with Gasteiger partial charge < -0.3 is 10.5 Å². The van der Waals surface area contributed by atoms with Gasteiger partial charge in [0.2, 0.25) is 0 Å². The third-order valence-corrected chi connectivity index (χ3v) is 6.30. The summed E-state index contributed by atoms with van der Waals surface area (Å²) in [6.07, 6.45) is 0.902. The molecule has 2 aromatic rings. The number of hydrogen-bond acceptors (Lipinski definition) is 5. The first-order chi connectivity index (χ1) is 15.6. The van der Waals surface area contributed by atoms with Crippen molar-refractivity contribution in [3.63, 3.8) is 0 Å². The Morgan fingerprint density at radius 2 is 1.79 bits per heavy atom. The topological polar surface area (TPSA) is 72.6 Å². The number of rotatable bonds is 4. The molecule has 0 unspecified atom stereocenters. The maximum Gasteiger partial charge on any atom is 0.338 e. The van der Waals surface area contributed by atoms with Gasteiger partial charge >= 0.3 is 5.97 Å². The standard InChI is InChI=1S/C26H26ClFN2O3/c1-4-33-25(32)23-21(15-5-9-17(28)10-6-15)22-19(13-26(2,3)14-20(22)31)30(24(23)29)18-11-7-16(27)8-12-18/h5-12,21H,4,13-14,29H2,1-3H3/t21-/m0/s1. The molecule has 172 valence electrons. The number of anilines is 1. The number of allylic oxidation sites excluding steroid dienone is 2. The average molecular weight is 469 g/mol. The molecule has 0 spiro atoms. The van der Waals surface area contributed by atoms with Crippen LogP contribution in [0.2, 0.25) is 5.02 Å². The lowest BCUT2D eigenvalue weighted by atomic mass is 9.68. The van der Waals surface area contributed by atoms with Crippen LogP contribution in [-0.4, -0.2) is 18.4 Å². The average Bonchev–Trinajstić information content (AvgIpc) is 2.74. The van der Waals surface area contributed by atoms with Gasteiger partial charge in [0.05, 0.1) is 18.1 Å². The molecule has 4 rings (SSSR count). The molecule has 1 atom stereocenters. The van der Waals surface area contributed by atoms with Gasteiger partial charge in [-0.15, -0.1) is 0 Å². The van der Waals surface area contributed by atoms with Crippen LogP contribution in [0.15, 0.2) is 71.2 Å². The largest absolute Gasteiger partial charge is 0.463 e. The normalized spacial score (nSPS) is 20.1. The van der Waals surface area contributed by atoms with Gasteiger partial charge in [-0.25, -0.2) is 9.18 Å². The second kappa shape index (κ2) is 8.67. The SMILES string of the molecule is CCOC(=O)C1=C(N)N(c2ccc(Cl)cc2)C2=C(C(=O)CC(C)(C)C2)[C@@H]1c1ccc(F)cc1. The fraction of sp³-hybridized carbons (Fsp3) is 0.308. The van der Waals surface area contributed by atoms with Gasteiger partial charge in [-0.3, -0.25) is 9.69 Å². The molecule has 2 N–H and O–H groups in total. The molecule has 0 aromatic heterocycles. The predicted octanol–water partition coefficient (Wildman–Crippen LogP) is 5.46. The fourth-order valence-corrected chi connectivity index (χ4v) is 4.82. The third-order valence-electron chi connectivity index (χ3n) is 6.04. The Balaban J connectivity index is 2.01. The Labute approximate surface area is 197 Å². The van der Waals surface area contributed by atoms with Crippen LogP contribution in [0.4, 0.5) is 10.1 Å². The first kappa shape index (κ1) is 23.1. The number of carbonyl (C=O) groups excluding carboxylic acids is 2. The van der Waals surface area contributed by atoms with Crippen LogP contribution in [-0.2, 0) is 14.3 Å². The fourth-order valence-electron chi connectivity index (χ4n) is 4.69. The molecule has 2 aliphatic rings. The van der Waals surface area contributed by atoms with Gasteiger partial charge in [0.1, 0.15) is 11.6 Å². The van der Waals surface area contributed by atoms with E-state index in [1.807, 2.05) is 13.8 Å². The van der Waals surface area contributed by atoms with E-state index in [1.165, 1.54) is 12.1 Å². The molecule has 1 heterocycles. The van der Waals surface area contributed by atoms with Crippen molar-refractivity contribution < 1.29 is 18.7 Å². The van der Waals surface area contributed by atoms with Gasteiger partial charge in [-0.05, 0) is 60.7 Å². The van der Waals surface area contributed by atoms with E-state index >= 15 is 0 Å². The van der Waals surface area contributed by atoms with Crippen LogP contribution in [0.1, 0.15) is 45.1 Å². The van der Waals surface area contributed by atoms with Crippen molar-refractivity contribution in [2.75, 3.05) is 11.5 Å². The molecule has 0 radical (unpaired) electrons. The first-order valence-electron chi connectivity index (χ1n) is 10.9. The number of ketones is 1. The quantitative estimate of drug-likeness (QED) is 0.603. The van der Waals surface area contributed by atoms with Crippen LogP contribution in [0, 0.1) is 11.2 Å². The van der Waals surface area contributed by atoms with E-state index in [4.69, 9.17) is 22.1 Å². The minimum Gasteiger partial charge on any atom is -0.463 e. The molecule has 0 bridgehead atoms. The zero-order valence-electron chi connectivity index (χ0n) is 18.8. The lowest BCUT2D eigenvalue weighted by molar-refractivity contribution is -0.138. The molecule has 1 aliphatic heterocycles. The second-order valence-electron chi connectivity index (χ2n) is 9.12. The number of nitrogens with zero attached hydrogens (tertiary/aromatic N) is 1. The summed E-state index contributed by atoms with van der Waals surface area (Å²) in [5.74, 6) is -1.63. The van der Waals surface area contributed by atoms with Crippen molar-refractivity contribution in [2.24, 2.45) is 11.1 Å². The lowest BCUT2D eigenvalue weighted by Crippen LogP contribution is -2.43. The molecule has 5 nitrogen and oxygen atoms in total. The zero-order valence-corrected chi connectivity index (χ0v) is 19.6. The number of esters is 1. The summed E-state index contributed by atoms with van der Waals surface area (Å²) in [6.45, 7) is 5.92. The summed E-state index contributed by atoms with van der Waals surface area (Å²) in [4.78, 5) is 28.5. The maximum atomic E-state index is 13.7. The summed E-state index contributed by atoms with van der Waals surface area (Å²) in [5.41, 5.74) is 9.08. The van der Waals surface area contributed by atoms with E-state index in [0.717, 1.165) is 5.70 Å². The predicted molar refractivity (Wildman–Crippen MR) is 126 cm³/mol. The van der Waals surface area contributed by atoms with E-state index in [1.54, 1.807) is 48.2 Å². The smallest absolute Gasteiger partial charge is 0.338 e. The Kier molecular flexibility index (Phi) is 6.06. The summed E-state index contributed by atoms with van der Waals surface area (Å²) in [6, 6.07) is 12.9. The molecule has 2 aromatic carbocycles. The van der Waals surface area contributed by atoms with Gasteiger partial charge in [0.25, 0.3) is 0 Å². The maximum absolute atomic E-state index is 13.7. The summed E-state index contributed by atoms with van der Waals surface area (Å²) < 4.78 is 19.1. The summed E-state index contributed by atoms with van der Waals surface area (Å²) in [5, 5.41) is 0.558. The van der Waals surface area contributed by atoms with Crippen molar-refractivity contribution in [1.82, 2.24) is 0 Å². The van der Waals surface area contributed by atoms with Crippen LogP contribution in [0.3, 0.4) is 0 Å². The third kappa shape index (κ3) is 4.27. The number of halogens is 2. The number of benzene rings is 2. The molecular weight excluding hydrogens is 443 g/mol. The summed E-state index contributed by atoms with van der Waals surface area (Å²) in [7, 11) is 0. The molecule has 0 saturated carbocycles. The van der Waals surface area contributed by atoms with E-state index in [2.05, 4.69) is 0 Å². The highest BCUT2D eigenvalue weighted by atomic mass is 35.5. The molecule has 0 fully saturated rings. The van der Waals surface area contributed by atoms with E-state index in [-0.39, 0.29) is 29.2 Å². The highest BCUT2D eigenvalue weighted by molar-refractivity contribution is 6.30. The molecular formula is C26H26ClFN2O3. The van der Waals surface area contributed by atoms with Gasteiger partial charge in [-0.1, -0.05) is 37.6 Å². The van der Waals surface area contributed by atoms with Crippen molar-refractivity contribution in [3.05, 3.63) is 87.6 Å². The number of carbonyl (C=O) groups is 2.